The van der Waals surface area contributed by atoms with Gasteiger partial charge >= 0.3 is 0 Å². The Labute approximate surface area is 89.8 Å². The highest BCUT2D eigenvalue weighted by Gasteiger charge is 2.31. The van der Waals surface area contributed by atoms with Crippen molar-refractivity contribution in [3.8, 4) is 0 Å². The molecule has 0 nitrogen and oxygen atoms in total. The Hall–Kier alpha value is -0.260. The second-order valence-electron chi connectivity index (χ2n) is 5.60. The van der Waals surface area contributed by atoms with Crippen LogP contribution in [0.3, 0.4) is 0 Å². The molecular weight excluding hydrogens is 168 g/mol. The molecule has 0 saturated heterocycles. The number of allylic oxidation sites excluding steroid dienone is 1. The monoisotopic (exact) mass is 194 g/mol. The molecule has 0 heteroatoms. The molecule has 2 atom stereocenters. The first-order valence-electron chi connectivity index (χ1n) is 6.21. The Morgan fingerprint density at radius 3 is 2.64 bits per heavy atom. The molecule has 1 fully saturated rings. The van der Waals surface area contributed by atoms with Crippen molar-refractivity contribution < 1.29 is 0 Å². The van der Waals surface area contributed by atoms with E-state index in [0.717, 1.165) is 11.8 Å². The second-order valence-corrected chi connectivity index (χ2v) is 5.60. The van der Waals surface area contributed by atoms with Gasteiger partial charge in [0, 0.05) is 0 Å². The van der Waals surface area contributed by atoms with E-state index in [9.17, 15) is 0 Å². The second kappa shape index (κ2) is 5.00. The first-order valence-corrected chi connectivity index (χ1v) is 6.21. The fraction of sp³-hybridized carbons (Fsp3) is 0.857. The van der Waals surface area contributed by atoms with Crippen LogP contribution in [-0.4, -0.2) is 0 Å². The van der Waals surface area contributed by atoms with Gasteiger partial charge in [-0.3, -0.25) is 0 Å². The van der Waals surface area contributed by atoms with Gasteiger partial charge in [0.1, 0.15) is 0 Å². The van der Waals surface area contributed by atoms with Crippen molar-refractivity contribution in [2.24, 2.45) is 17.3 Å². The zero-order chi connectivity index (χ0) is 10.6. The molecule has 1 aliphatic rings. The maximum atomic E-state index is 3.86. The van der Waals surface area contributed by atoms with Crippen LogP contribution in [0.15, 0.2) is 12.7 Å². The van der Waals surface area contributed by atoms with Crippen molar-refractivity contribution in [3.63, 3.8) is 0 Å². The van der Waals surface area contributed by atoms with E-state index < -0.39 is 0 Å². The summed E-state index contributed by atoms with van der Waals surface area (Å²) in [7, 11) is 0. The van der Waals surface area contributed by atoms with Gasteiger partial charge in [-0.1, -0.05) is 46.1 Å². The molecule has 0 bridgehead atoms. The summed E-state index contributed by atoms with van der Waals surface area (Å²) < 4.78 is 0. The fourth-order valence-electron chi connectivity index (χ4n) is 2.74. The van der Waals surface area contributed by atoms with Gasteiger partial charge in [-0.15, -0.1) is 6.58 Å². The lowest BCUT2D eigenvalue weighted by atomic mass is 9.66. The summed E-state index contributed by atoms with van der Waals surface area (Å²) in [5, 5.41) is 0. The largest absolute Gasteiger partial charge is 0.103 e. The third-order valence-electron chi connectivity index (χ3n) is 4.30. The van der Waals surface area contributed by atoms with Crippen molar-refractivity contribution in [2.45, 2.75) is 59.3 Å². The van der Waals surface area contributed by atoms with Gasteiger partial charge in [-0.2, -0.15) is 0 Å². The van der Waals surface area contributed by atoms with Crippen LogP contribution in [0.25, 0.3) is 0 Å². The third-order valence-corrected chi connectivity index (χ3v) is 4.30. The average molecular weight is 194 g/mol. The average Bonchev–Trinajstić information content (AvgIpc) is 2.19. The van der Waals surface area contributed by atoms with E-state index in [1.165, 1.54) is 38.5 Å². The predicted octanol–water partition coefficient (Wildman–Crippen LogP) is 4.81. The molecule has 1 saturated carbocycles. The van der Waals surface area contributed by atoms with E-state index >= 15 is 0 Å². The Bertz CT molecular complexity index is 178. The molecule has 0 radical (unpaired) electrons. The molecule has 0 spiro atoms. The van der Waals surface area contributed by atoms with Gasteiger partial charge < -0.3 is 0 Å². The van der Waals surface area contributed by atoms with E-state index in [0.29, 0.717) is 5.41 Å². The van der Waals surface area contributed by atoms with Crippen LogP contribution in [0.5, 0.6) is 0 Å². The zero-order valence-corrected chi connectivity index (χ0v) is 10.2. The SMILES string of the molecule is C=CCC1CCCC(C(C)(C)CC)C1. The van der Waals surface area contributed by atoms with Crippen LogP contribution in [0.1, 0.15) is 59.3 Å². The van der Waals surface area contributed by atoms with E-state index in [4.69, 9.17) is 0 Å². The van der Waals surface area contributed by atoms with Crippen LogP contribution in [0, 0.1) is 17.3 Å². The summed E-state index contributed by atoms with van der Waals surface area (Å²) >= 11 is 0. The first kappa shape index (κ1) is 11.8. The van der Waals surface area contributed by atoms with Crippen LogP contribution in [0.4, 0.5) is 0 Å². The van der Waals surface area contributed by atoms with Crippen molar-refractivity contribution in [1.29, 1.82) is 0 Å². The van der Waals surface area contributed by atoms with Crippen LogP contribution in [0.2, 0.25) is 0 Å². The summed E-state index contributed by atoms with van der Waals surface area (Å²) in [4.78, 5) is 0. The quantitative estimate of drug-likeness (QED) is 0.564. The Kier molecular flexibility index (Phi) is 4.22. The summed E-state index contributed by atoms with van der Waals surface area (Å²) in [5.74, 6) is 1.88. The molecular formula is C14H26. The maximum Gasteiger partial charge on any atom is -0.0325 e. The minimum Gasteiger partial charge on any atom is -0.103 e. The maximum absolute atomic E-state index is 3.86. The third kappa shape index (κ3) is 2.87. The Morgan fingerprint density at radius 1 is 1.36 bits per heavy atom. The van der Waals surface area contributed by atoms with Gasteiger partial charge in [0.25, 0.3) is 0 Å². The molecule has 0 aromatic rings. The van der Waals surface area contributed by atoms with Crippen LogP contribution >= 0.6 is 0 Å². The molecule has 1 aliphatic carbocycles. The molecule has 0 amide bonds. The lowest BCUT2D eigenvalue weighted by Gasteiger charge is -2.39. The van der Waals surface area contributed by atoms with Gasteiger partial charge in [-0.25, -0.2) is 0 Å². The summed E-state index contributed by atoms with van der Waals surface area (Å²) in [6, 6.07) is 0. The number of hydrogen-bond donors (Lipinski definition) is 0. The minimum atomic E-state index is 0.555. The Balaban J connectivity index is 2.51. The molecule has 0 aromatic heterocycles. The summed E-state index contributed by atoms with van der Waals surface area (Å²) in [6.45, 7) is 11.1. The minimum absolute atomic E-state index is 0.555. The highest BCUT2D eigenvalue weighted by atomic mass is 14.4. The molecule has 0 heterocycles. The zero-order valence-electron chi connectivity index (χ0n) is 10.2. The van der Waals surface area contributed by atoms with Crippen molar-refractivity contribution >= 4 is 0 Å². The molecule has 0 N–H and O–H groups in total. The van der Waals surface area contributed by atoms with Crippen LogP contribution < -0.4 is 0 Å². The number of hydrogen-bond acceptors (Lipinski definition) is 0. The first-order chi connectivity index (χ1) is 6.60. The van der Waals surface area contributed by atoms with Gasteiger partial charge in [0.2, 0.25) is 0 Å². The molecule has 14 heavy (non-hydrogen) atoms. The normalized spacial score (nSPS) is 28.8. The summed E-state index contributed by atoms with van der Waals surface area (Å²) in [6.07, 6.45) is 10.4. The van der Waals surface area contributed by atoms with Gasteiger partial charge in [0.05, 0.1) is 0 Å². The van der Waals surface area contributed by atoms with Crippen molar-refractivity contribution in [2.75, 3.05) is 0 Å². The smallest absolute Gasteiger partial charge is 0.0325 e. The van der Waals surface area contributed by atoms with Crippen molar-refractivity contribution in [1.82, 2.24) is 0 Å². The highest BCUT2D eigenvalue weighted by Crippen LogP contribution is 2.43. The Morgan fingerprint density at radius 2 is 2.07 bits per heavy atom. The number of rotatable bonds is 4. The van der Waals surface area contributed by atoms with Gasteiger partial charge in [-0.05, 0) is 36.5 Å². The highest BCUT2D eigenvalue weighted by molar-refractivity contribution is 4.85. The van der Waals surface area contributed by atoms with E-state index in [2.05, 4.69) is 33.4 Å². The predicted molar refractivity (Wildman–Crippen MR) is 64.3 cm³/mol. The molecule has 0 aliphatic heterocycles. The van der Waals surface area contributed by atoms with Crippen molar-refractivity contribution in [3.05, 3.63) is 12.7 Å². The van der Waals surface area contributed by atoms with E-state index in [-0.39, 0.29) is 0 Å². The molecule has 1 rings (SSSR count). The van der Waals surface area contributed by atoms with E-state index in [1.807, 2.05) is 0 Å². The van der Waals surface area contributed by atoms with E-state index in [1.54, 1.807) is 0 Å². The van der Waals surface area contributed by atoms with Gasteiger partial charge in [0.15, 0.2) is 0 Å². The van der Waals surface area contributed by atoms with Crippen LogP contribution in [-0.2, 0) is 0 Å². The summed E-state index contributed by atoms with van der Waals surface area (Å²) in [5.41, 5.74) is 0.555. The lowest BCUT2D eigenvalue weighted by molar-refractivity contribution is 0.121. The fourth-order valence-corrected chi connectivity index (χ4v) is 2.74. The topological polar surface area (TPSA) is 0 Å². The molecule has 2 unspecified atom stereocenters. The molecule has 82 valence electrons. The molecule has 0 aromatic carbocycles. The lowest BCUT2D eigenvalue weighted by Crippen LogP contribution is -2.28. The standard InChI is InChI=1S/C14H26/c1-5-8-12-9-7-10-13(11-12)14(3,4)6-2/h5,12-13H,1,6-11H2,2-4H3.